The SMILES string of the molecule is CCCNC(=O)OC(=O)c1ccccn1. The fourth-order valence-corrected chi connectivity index (χ4v) is 0.883. The van der Waals surface area contributed by atoms with Gasteiger partial charge in [-0.3, -0.25) is 0 Å². The van der Waals surface area contributed by atoms with Crippen LogP contribution in [0.3, 0.4) is 0 Å². The number of amides is 1. The first-order valence-electron chi connectivity index (χ1n) is 4.65. The Hall–Kier alpha value is -1.91. The lowest BCUT2D eigenvalue weighted by Crippen LogP contribution is -2.27. The van der Waals surface area contributed by atoms with Crippen LogP contribution in [0, 0.1) is 0 Å². The zero-order chi connectivity index (χ0) is 11.1. The molecule has 0 unspecified atom stereocenters. The molecule has 80 valence electrons. The van der Waals surface area contributed by atoms with Gasteiger partial charge in [0.25, 0.3) is 0 Å². The summed E-state index contributed by atoms with van der Waals surface area (Å²) in [6.07, 6.45) is 1.50. The fraction of sp³-hybridized carbons (Fsp3) is 0.300. The van der Waals surface area contributed by atoms with Gasteiger partial charge in [0.15, 0.2) is 0 Å². The third kappa shape index (κ3) is 3.76. The van der Waals surface area contributed by atoms with E-state index in [4.69, 9.17) is 0 Å². The second-order valence-electron chi connectivity index (χ2n) is 2.82. The molecule has 0 aliphatic carbocycles. The van der Waals surface area contributed by atoms with Crippen molar-refractivity contribution in [1.29, 1.82) is 0 Å². The lowest BCUT2D eigenvalue weighted by molar-refractivity contribution is 0.0616. The zero-order valence-corrected chi connectivity index (χ0v) is 8.40. The van der Waals surface area contributed by atoms with Crippen molar-refractivity contribution >= 4 is 12.1 Å². The molecular weight excluding hydrogens is 196 g/mol. The van der Waals surface area contributed by atoms with E-state index in [0.29, 0.717) is 6.54 Å². The van der Waals surface area contributed by atoms with E-state index in [1.54, 1.807) is 12.1 Å². The lowest BCUT2D eigenvalue weighted by Gasteiger charge is -2.03. The lowest BCUT2D eigenvalue weighted by atomic mass is 10.4. The van der Waals surface area contributed by atoms with Crippen LogP contribution in [0.2, 0.25) is 0 Å². The third-order valence-corrected chi connectivity index (χ3v) is 1.58. The first-order valence-corrected chi connectivity index (χ1v) is 4.65. The summed E-state index contributed by atoms with van der Waals surface area (Å²) in [7, 11) is 0. The average Bonchev–Trinajstić information content (AvgIpc) is 2.27. The van der Waals surface area contributed by atoms with Gasteiger partial charge in [0.05, 0.1) is 0 Å². The Bertz CT molecular complexity index is 338. The maximum Gasteiger partial charge on any atom is 0.415 e. The largest absolute Gasteiger partial charge is 0.415 e. The van der Waals surface area contributed by atoms with Gasteiger partial charge in [-0.1, -0.05) is 13.0 Å². The first kappa shape index (κ1) is 11.2. The van der Waals surface area contributed by atoms with Gasteiger partial charge in [-0.25, -0.2) is 14.6 Å². The van der Waals surface area contributed by atoms with Gasteiger partial charge in [-0.2, -0.15) is 0 Å². The number of aromatic nitrogens is 1. The summed E-state index contributed by atoms with van der Waals surface area (Å²) in [4.78, 5) is 26.0. The number of hydrogen-bond donors (Lipinski definition) is 1. The number of carbonyl (C=O) groups excluding carboxylic acids is 2. The quantitative estimate of drug-likeness (QED) is 0.601. The van der Waals surface area contributed by atoms with Crippen LogP contribution in [-0.4, -0.2) is 23.6 Å². The van der Waals surface area contributed by atoms with Crippen LogP contribution in [-0.2, 0) is 4.74 Å². The molecule has 0 bridgehead atoms. The molecule has 1 heterocycles. The molecule has 0 atom stereocenters. The van der Waals surface area contributed by atoms with Crippen molar-refractivity contribution in [3.05, 3.63) is 30.1 Å². The maximum absolute atomic E-state index is 11.3. The Morgan fingerprint density at radius 2 is 2.27 bits per heavy atom. The molecule has 0 spiro atoms. The Labute approximate surface area is 87.5 Å². The summed E-state index contributed by atoms with van der Waals surface area (Å²) in [5, 5.41) is 2.42. The number of pyridine rings is 1. The van der Waals surface area contributed by atoms with Crippen LogP contribution in [0.25, 0.3) is 0 Å². The van der Waals surface area contributed by atoms with Crippen molar-refractivity contribution in [2.24, 2.45) is 0 Å². The minimum atomic E-state index is -0.746. The van der Waals surface area contributed by atoms with Crippen molar-refractivity contribution in [2.45, 2.75) is 13.3 Å². The van der Waals surface area contributed by atoms with Gasteiger partial charge in [0.2, 0.25) is 0 Å². The molecule has 0 aliphatic heterocycles. The molecule has 0 aromatic carbocycles. The van der Waals surface area contributed by atoms with E-state index < -0.39 is 12.1 Å². The van der Waals surface area contributed by atoms with Crippen LogP contribution in [0.4, 0.5) is 4.79 Å². The van der Waals surface area contributed by atoms with Crippen molar-refractivity contribution in [1.82, 2.24) is 10.3 Å². The molecule has 1 aromatic rings. The van der Waals surface area contributed by atoms with Crippen LogP contribution in [0.5, 0.6) is 0 Å². The molecule has 0 aliphatic rings. The second kappa shape index (κ2) is 5.74. The van der Waals surface area contributed by atoms with Gasteiger partial charge in [0, 0.05) is 12.7 Å². The number of rotatable bonds is 3. The number of nitrogens with zero attached hydrogens (tertiary/aromatic N) is 1. The standard InChI is InChI=1S/C10H12N2O3/c1-2-6-12-10(14)15-9(13)8-5-3-4-7-11-8/h3-5,7H,2,6H2,1H3,(H,12,14). The van der Waals surface area contributed by atoms with E-state index in [0.717, 1.165) is 6.42 Å². The topological polar surface area (TPSA) is 68.3 Å². The van der Waals surface area contributed by atoms with E-state index in [9.17, 15) is 9.59 Å². The molecule has 1 N–H and O–H groups in total. The highest BCUT2D eigenvalue weighted by Gasteiger charge is 2.12. The molecule has 0 radical (unpaired) electrons. The van der Waals surface area contributed by atoms with Crippen molar-refractivity contribution in [3.63, 3.8) is 0 Å². The van der Waals surface area contributed by atoms with E-state index >= 15 is 0 Å². The van der Waals surface area contributed by atoms with Gasteiger partial charge in [-0.15, -0.1) is 0 Å². The van der Waals surface area contributed by atoms with Gasteiger partial charge in [0.1, 0.15) is 5.69 Å². The Morgan fingerprint density at radius 1 is 1.47 bits per heavy atom. The summed E-state index contributed by atoms with van der Waals surface area (Å²) in [5.74, 6) is -0.746. The molecule has 1 amide bonds. The van der Waals surface area contributed by atoms with Crippen LogP contribution < -0.4 is 5.32 Å². The summed E-state index contributed by atoms with van der Waals surface area (Å²) in [6.45, 7) is 2.38. The fourth-order valence-electron chi connectivity index (χ4n) is 0.883. The summed E-state index contributed by atoms with van der Waals surface area (Å²) in [5.41, 5.74) is 0.115. The number of hydrogen-bond acceptors (Lipinski definition) is 4. The molecule has 0 saturated carbocycles. The van der Waals surface area contributed by atoms with Gasteiger partial charge >= 0.3 is 12.1 Å². The highest BCUT2D eigenvalue weighted by molar-refractivity contribution is 5.94. The molecule has 0 saturated heterocycles. The van der Waals surface area contributed by atoms with Crippen LogP contribution in [0.15, 0.2) is 24.4 Å². The number of nitrogens with one attached hydrogen (secondary N) is 1. The highest BCUT2D eigenvalue weighted by atomic mass is 16.6. The van der Waals surface area contributed by atoms with Gasteiger partial charge < -0.3 is 10.1 Å². The maximum atomic E-state index is 11.3. The molecule has 1 aromatic heterocycles. The Kier molecular flexibility index (Phi) is 4.28. The highest BCUT2D eigenvalue weighted by Crippen LogP contribution is 1.96. The van der Waals surface area contributed by atoms with E-state index in [1.807, 2.05) is 6.92 Å². The Morgan fingerprint density at radius 3 is 2.87 bits per heavy atom. The molecule has 1 rings (SSSR count). The molecule has 5 heteroatoms. The molecule has 15 heavy (non-hydrogen) atoms. The first-order chi connectivity index (χ1) is 7.24. The number of carbonyl (C=O) groups is 2. The minimum Gasteiger partial charge on any atom is -0.371 e. The van der Waals surface area contributed by atoms with E-state index in [2.05, 4.69) is 15.0 Å². The zero-order valence-electron chi connectivity index (χ0n) is 8.40. The second-order valence-corrected chi connectivity index (χ2v) is 2.82. The van der Waals surface area contributed by atoms with Gasteiger partial charge in [-0.05, 0) is 18.6 Å². The predicted octanol–water partition coefficient (Wildman–Crippen LogP) is 1.36. The third-order valence-electron chi connectivity index (χ3n) is 1.58. The number of ether oxygens (including phenoxy) is 1. The smallest absolute Gasteiger partial charge is 0.371 e. The molecule has 5 nitrogen and oxygen atoms in total. The predicted molar refractivity (Wildman–Crippen MR) is 53.3 cm³/mol. The van der Waals surface area contributed by atoms with E-state index in [-0.39, 0.29) is 5.69 Å². The summed E-state index contributed by atoms with van der Waals surface area (Å²) >= 11 is 0. The van der Waals surface area contributed by atoms with Crippen molar-refractivity contribution < 1.29 is 14.3 Å². The normalized spacial score (nSPS) is 9.40. The monoisotopic (exact) mass is 208 g/mol. The molecular formula is C10H12N2O3. The average molecular weight is 208 g/mol. The number of esters is 1. The van der Waals surface area contributed by atoms with Crippen molar-refractivity contribution in [2.75, 3.05) is 6.54 Å². The number of alkyl carbamates (subject to hydrolysis) is 1. The van der Waals surface area contributed by atoms with Crippen LogP contribution in [0.1, 0.15) is 23.8 Å². The minimum absolute atomic E-state index is 0.115. The van der Waals surface area contributed by atoms with Crippen LogP contribution >= 0.6 is 0 Å². The van der Waals surface area contributed by atoms with E-state index in [1.165, 1.54) is 12.3 Å². The molecule has 0 fully saturated rings. The Balaban J connectivity index is 2.46. The summed E-state index contributed by atoms with van der Waals surface area (Å²) in [6, 6.07) is 4.80. The summed E-state index contributed by atoms with van der Waals surface area (Å²) < 4.78 is 4.49. The van der Waals surface area contributed by atoms with Crippen molar-refractivity contribution in [3.8, 4) is 0 Å².